The molecule has 8 heteroatoms. The third-order valence-electron chi connectivity index (χ3n) is 2.49. The number of hydrogen-bond donors (Lipinski definition) is 4. The van der Waals surface area contributed by atoms with Crippen LogP contribution < -0.4 is 11.1 Å². The van der Waals surface area contributed by atoms with Crippen LogP contribution in [-0.2, 0) is 4.79 Å². The Labute approximate surface area is 112 Å². The van der Waals surface area contributed by atoms with Gasteiger partial charge in [-0.1, -0.05) is 17.7 Å². The summed E-state index contributed by atoms with van der Waals surface area (Å²) >= 11 is 5.93. The van der Waals surface area contributed by atoms with Crippen LogP contribution in [0.4, 0.5) is 0 Å². The number of fused-ring (bicyclic) bond motifs is 1. The maximum atomic E-state index is 11.2. The SMILES string of the molecule is N=C(N)NC(C(=O)O)c1ccc2ncnc(Cl)c2c1. The molecule has 0 aliphatic carbocycles. The maximum absolute atomic E-state index is 11.2. The number of aliphatic carboxylic acids is 1. The lowest BCUT2D eigenvalue weighted by Crippen LogP contribution is -2.37. The molecule has 1 aromatic heterocycles. The van der Waals surface area contributed by atoms with Crippen LogP contribution in [0.25, 0.3) is 10.9 Å². The molecule has 2 aromatic rings. The summed E-state index contributed by atoms with van der Waals surface area (Å²) in [5.74, 6) is -1.58. The van der Waals surface area contributed by atoms with Crippen molar-refractivity contribution < 1.29 is 9.90 Å². The Bertz CT molecular complexity index is 661. The van der Waals surface area contributed by atoms with Gasteiger partial charge in [0.15, 0.2) is 12.0 Å². The Hall–Kier alpha value is -2.41. The molecule has 1 atom stereocenters. The molecule has 0 fully saturated rings. The molecule has 2 rings (SSSR count). The Morgan fingerprint density at radius 3 is 2.84 bits per heavy atom. The molecule has 0 saturated carbocycles. The quantitative estimate of drug-likeness (QED) is 0.376. The number of carboxylic acid groups (broad SMARTS) is 1. The van der Waals surface area contributed by atoms with Gasteiger partial charge in [0.2, 0.25) is 0 Å². The van der Waals surface area contributed by atoms with E-state index >= 15 is 0 Å². The van der Waals surface area contributed by atoms with Gasteiger partial charge in [-0.3, -0.25) is 5.41 Å². The van der Waals surface area contributed by atoms with E-state index < -0.39 is 18.0 Å². The summed E-state index contributed by atoms with van der Waals surface area (Å²) in [6.45, 7) is 0. The van der Waals surface area contributed by atoms with E-state index in [4.69, 9.17) is 27.9 Å². The van der Waals surface area contributed by atoms with E-state index in [1.165, 1.54) is 6.33 Å². The summed E-state index contributed by atoms with van der Waals surface area (Å²) in [5.41, 5.74) is 6.19. The van der Waals surface area contributed by atoms with Gasteiger partial charge in [-0.15, -0.1) is 0 Å². The van der Waals surface area contributed by atoms with Crippen molar-refractivity contribution in [3.8, 4) is 0 Å². The minimum atomic E-state index is -1.15. The van der Waals surface area contributed by atoms with Crippen molar-refractivity contribution in [2.75, 3.05) is 0 Å². The maximum Gasteiger partial charge on any atom is 0.330 e. The molecule has 0 aliphatic heterocycles. The van der Waals surface area contributed by atoms with Crippen LogP contribution >= 0.6 is 11.6 Å². The molecule has 1 heterocycles. The van der Waals surface area contributed by atoms with Crippen LogP contribution in [0, 0.1) is 5.41 Å². The Morgan fingerprint density at radius 2 is 2.21 bits per heavy atom. The van der Waals surface area contributed by atoms with Crippen molar-refractivity contribution in [2.24, 2.45) is 5.73 Å². The van der Waals surface area contributed by atoms with E-state index in [1.54, 1.807) is 18.2 Å². The van der Waals surface area contributed by atoms with Gasteiger partial charge in [0.05, 0.1) is 5.52 Å². The number of nitrogens with zero attached hydrogens (tertiary/aromatic N) is 2. The smallest absolute Gasteiger partial charge is 0.330 e. The van der Waals surface area contributed by atoms with Crippen LogP contribution in [0.1, 0.15) is 11.6 Å². The van der Waals surface area contributed by atoms with Crippen molar-refractivity contribution >= 4 is 34.4 Å². The number of carbonyl (C=O) groups is 1. The van der Waals surface area contributed by atoms with Crippen LogP contribution in [0.5, 0.6) is 0 Å². The van der Waals surface area contributed by atoms with E-state index in [1.807, 2.05) is 0 Å². The molecule has 5 N–H and O–H groups in total. The third kappa shape index (κ3) is 2.71. The zero-order chi connectivity index (χ0) is 14.0. The monoisotopic (exact) mass is 279 g/mol. The molecule has 1 unspecified atom stereocenters. The lowest BCUT2D eigenvalue weighted by Gasteiger charge is -2.15. The van der Waals surface area contributed by atoms with Gasteiger partial charge in [-0.05, 0) is 17.7 Å². The van der Waals surface area contributed by atoms with E-state index in [9.17, 15) is 4.79 Å². The number of halogens is 1. The molecule has 0 aliphatic rings. The second-order valence-electron chi connectivity index (χ2n) is 3.77. The molecule has 0 amide bonds. The van der Waals surface area contributed by atoms with Gasteiger partial charge in [-0.2, -0.15) is 0 Å². The summed E-state index contributed by atoms with van der Waals surface area (Å²) in [6.07, 6.45) is 1.33. The molecule has 0 saturated heterocycles. The molecular formula is C11H10ClN5O2. The van der Waals surface area contributed by atoms with Crippen LogP contribution in [-0.4, -0.2) is 27.0 Å². The number of benzene rings is 1. The number of aromatic nitrogens is 2. The number of rotatable bonds is 3. The van der Waals surface area contributed by atoms with E-state index in [2.05, 4.69) is 15.3 Å². The first kappa shape index (κ1) is 13.0. The van der Waals surface area contributed by atoms with E-state index in [0.29, 0.717) is 16.5 Å². The third-order valence-corrected chi connectivity index (χ3v) is 2.79. The zero-order valence-corrected chi connectivity index (χ0v) is 10.3. The minimum Gasteiger partial charge on any atom is -0.479 e. The fourth-order valence-corrected chi connectivity index (χ4v) is 1.86. The number of nitrogens with two attached hydrogens (primary N) is 1. The molecule has 98 valence electrons. The lowest BCUT2D eigenvalue weighted by atomic mass is 10.0. The fraction of sp³-hybridized carbons (Fsp3) is 0.0909. The molecule has 0 spiro atoms. The summed E-state index contributed by atoms with van der Waals surface area (Å²) in [4.78, 5) is 19.0. The highest BCUT2D eigenvalue weighted by molar-refractivity contribution is 6.34. The van der Waals surface area contributed by atoms with E-state index in [-0.39, 0.29) is 5.15 Å². The Kier molecular flexibility index (Phi) is 3.48. The Balaban J connectivity index is 2.51. The van der Waals surface area contributed by atoms with Crippen LogP contribution in [0.2, 0.25) is 5.15 Å². The highest BCUT2D eigenvalue weighted by atomic mass is 35.5. The van der Waals surface area contributed by atoms with Gasteiger partial charge in [0.25, 0.3) is 0 Å². The highest BCUT2D eigenvalue weighted by Crippen LogP contribution is 2.23. The summed E-state index contributed by atoms with van der Waals surface area (Å²) < 4.78 is 0. The molecule has 1 aromatic carbocycles. The first-order valence-corrected chi connectivity index (χ1v) is 5.60. The summed E-state index contributed by atoms with van der Waals surface area (Å²) in [7, 11) is 0. The Morgan fingerprint density at radius 1 is 1.47 bits per heavy atom. The van der Waals surface area contributed by atoms with Crippen molar-refractivity contribution in [3.05, 3.63) is 35.2 Å². The zero-order valence-electron chi connectivity index (χ0n) is 9.59. The van der Waals surface area contributed by atoms with Crippen molar-refractivity contribution in [2.45, 2.75) is 6.04 Å². The number of nitrogens with one attached hydrogen (secondary N) is 2. The number of carboxylic acids is 1. The van der Waals surface area contributed by atoms with Gasteiger partial charge in [0.1, 0.15) is 11.5 Å². The highest BCUT2D eigenvalue weighted by Gasteiger charge is 2.20. The fourth-order valence-electron chi connectivity index (χ4n) is 1.67. The van der Waals surface area contributed by atoms with Crippen molar-refractivity contribution in [3.63, 3.8) is 0 Å². The first-order chi connectivity index (χ1) is 8.99. The predicted octanol–water partition coefficient (Wildman–Crippen LogP) is 0.892. The first-order valence-electron chi connectivity index (χ1n) is 5.22. The average molecular weight is 280 g/mol. The number of hydrogen-bond acceptors (Lipinski definition) is 4. The van der Waals surface area contributed by atoms with E-state index in [0.717, 1.165) is 0 Å². The van der Waals surface area contributed by atoms with Crippen LogP contribution in [0.15, 0.2) is 24.5 Å². The topological polar surface area (TPSA) is 125 Å². The lowest BCUT2D eigenvalue weighted by molar-refractivity contribution is -0.139. The van der Waals surface area contributed by atoms with Gasteiger partial charge in [-0.25, -0.2) is 14.8 Å². The van der Waals surface area contributed by atoms with Crippen molar-refractivity contribution in [1.82, 2.24) is 15.3 Å². The van der Waals surface area contributed by atoms with Gasteiger partial charge in [0, 0.05) is 5.39 Å². The second-order valence-corrected chi connectivity index (χ2v) is 4.13. The minimum absolute atomic E-state index is 0.235. The van der Waals surface area contributed by atoms with Crippen molar-refractivity contribution in [1.29, 1.82) is 5.41 Å². The number of guanidine groups is 1. The predicted molar refractivity (Wildman–Crippen MR) is 70.0 cm³/mol. The molecule has 19 heavy (non-hydrogen) atoms. The normalized spacial score (nSPS) is 12.1. The molecule has 7 nitrogen and oxygen atoms in total. The average Bonchev–Trinajstić information content (AvgIpc) is 2.36. The largest absolute Gasteiger partial charge is 0.479 e. The standard InChI is InChI=1S/C11H10ClN5O2/c12-9-6-3-5(1-2-7(6)15-4-16-9)8(10(18)19)17-11(13)14/h1-4,8H,(H,18,19)(H4,13,14,17). The molecule has 0 radical (unpaired) electrons. The van der Waals surface area contributed by atoms with Gasteiger partial charge >= 0.3 is 5.97 Å². The summed E-state index contributed by atoms with van der Waals surface area (Å²) in [5, 5.41) is 19.4. The molecule has 0 bridgehead atoms. The van der Waals surface area contributed by atoms with Gasteiger partial charge < -0.3 is 16.2 Å². The van der Waals surface area contributed by atoms with Crippen LogP contribution in [0.3, 0.4) is 0 Å². The molecular weight excluding hydrogens is 270 g/mol. The second kappa shape index (κ2) is 5.07. The summed E-state index contributed by atoms with van der Waals surface area (Å²) in [6, 6.07) is 3.65.